The first kappa shape index (κ1) is 17.9. The third-order valence-corrected chi connectivity index (χ3v) is 3.59. The van der Waals surface area contributed by atoms with Crippen molar-refractivity contribution in [1.82, 2.24) is 15.4 Å². The van der Waals surface area contributed by atoms with Gasteiger partial charge in [0.25, 0.3) is 0 Å². The van der Waals surface area contributed by atoms with E-state index in [1.54, 1.807) is 38.5 Å². The van der Waals surface area contributed by atoms with E-state index in [-0.39, 0.29) is 17.3 Å². The van der Waals surface area contributed by atoms with Crippen molar-refractivity contribution in [3.8, 4) is 11.5 Å². The molecule has 0 saturated carbocycles. The van der Waals surface area contributed by atoms with E-state index < -0.39 is 5.91 Å². The standard InChI is InChI=1S/C17H18N6O4/c1-25-10-5-6-11(13(8-10)26-2)21-15-14(18)16(20-9-19-15)22-23-17(24)12-4-3-7-27-12/h3-9H,18H2,1-2H3,(H,23,24)(H2,19,20,21,22). The van der Waals surface area contributed by atoms with Crippen LogP contribution in [0.25, 0.3) is 0 Å². The highest BCUT2D eigenvalue weighted by molar-refractivity contribution is 5.92. The van der Waals surface area contributed by atoms with Gasteiger partial charge in [-0.2, -0.15) is 0 Å². The van der Waals surface area contributed by atoms with E-state index in [0.717, 1.165) is 0 Å². The predicted molar refractivity (Wildman–Crippen MR) is 99.1 cm³/mol. The van der Waals surface area contributed by atoms with Gasteiger partial charge in [0, 0.05) is 6.07 Å². The van der Waals surface area contributed by atoms with Gasteiger partial charge >= 0.3 is 5.91 Å². The molecule has 0 saturated heterocycles. The minimum absolute atomic E-state index is 0.149. The van der Waals surface area contributed by atoms with Gasteiger partial charge in [0.1, 0.15) is 23.5 Å². The van der Waals surface area contributed by atoms with Crippen LogP contribution in [0.1, 0.15) is 10.6 Å². The molecule has 0 unspecified atom stereocenters. The summed E-state index contributed by atoms with van der Waals surface area (Å²) >= 11 is 0. The summed E-state index contributed by atoms with van der Waals surface area (Å²) in [5, 5.41) is 3.07. The molecule has 10 heteroatoms. The number of aromatic nitrogens is 2. The number of hydrogen-bond donors (Lipinski definition) is 4. The van der Waals surface area contributed by atoms with E-state index in [4.69, 9.17) is 19.6 Å². The Balaban J connectivity index is 1.76. The number of anilines is 4. The second kappa shape index (κ2) is 7.95. The minimum Gasteiger partial charge on any atom is -0.497 e. The van der Waals surface area contributed by atoms with E-state index in [0.29, 0.717) is 23.0 Å². The second-order valence-corrected chi connectivity index (χ2v) is 5.23. The molecule has 140 valence electrons. The lowest BCUT2D eigenvalue weighted by Crippen LogP contribution is -2.30. The number of nitrogen functional groups attached to an aromatic ring is 1. The number of nitrogens with one attached hydrogen (secondary N) is 3. The maximum Gasteiger partial charge on any atom is 0.305 e. The average molecular weight is 370 g/mol. The second-order valence-electron chi connectivity index (χ2n) is 5.23. The van der Waals surface area contributed by atoms with Gasteiger partial charge in [0.15, 0.2) is 17.4 Å². The number of methoxy groups -OCH3 is 2. The molecule has 0 radical (unpaired) electrons. The molecule has 0 fully saturated rings. The van der Waals surface area contributed by atoms with Crippen molar-refractivity contribution < 1.29 is 18.7 Å². The number of hydrogen-bond acceptors (Lipinski definition) is 9. The molecule has 0 aliphatic rings. The SMILES string of the molecule is COc1ccc(Nc2ncnc(NNC(=O)c3ccco3)c2N)c(OC)c1. The number of benzene rings is 1. The minimum atomic E-state index is -0.468. The van der Waals surface area contributed by atoms with Crippen LogP contribution in [0.5, 0.6) is 11.5 Å². The third-order valence-electron chi connectivity index (χ3n) is 3.59. The Kier molecular flexibility index (Phi) is 5.26. The average Bonchev–Trinajstić information content (AvgIpc) is 3.23. The van der Waals surface area contributed by atoms with Gasteiger partial charge in [0.2, 0.25) is 0 Å². The normalized spacial score (nSPS) is 10.1. The fourth-order valence-corrected chi connectivity index (χ4v) is 2.21. The number of amides is 1. The highest BCUT2D eigenvalue weighted by atomic mass is 16.5. The van der Waals surface area contributed by atoms with E-state index in [9.17, 15) is 4.79 Å². The number of nitrogens with zero attached hydrogens (tertiary/aromatic N) is 2. The fraction of sp³-hybridized carbons (Fsp3) is 0.118. The van der Waals surface area contributed by atoms with Gasteiger partial charge in [-0.05, 0) is 24.3 Å². The Morgan fingerprint density at radius 2 is 1.96 bits per heavy atom. The molecule has 1 amide bonds. The van der Waals surface area contributed by atoms with Gasteiger partial charge in [-0.1, -0.05) is 0 Å². The Labute approximate surface area is 154 Å². The Morgan fingerprint density at radius 3 is 2.67 bits per heavy atom. The molecular weight excluding hydrogens is 352 g/mol. The molecule has 5 N–H and O–H groups in total. The third kappa shape index (κ3) is 4.00. The summed E-state index contributed by atoms with van der Waals surface area (Å²) in [6, 6.07) is 8.40. The summed E-state index contributed by atoms with van der Waals surface area (Å²) < 4.78 is 15.5. The molecule has 0 atom stereocenters. The Hall–Kier alpha value is -3.95. The van der Waals surface area contributed by atoms with Crippen molar-refractivity contribution in [2.24, 2.45) is 0 Å². The highest BCUT2D eigenvalue weighted by Crippen LogP contribution is 2.33. The van der Waals surface area contributed by atoms with Gasteiger partial charge in [-0.15, -0.1) is 0 Å². The zero-order chi connectivity index (χ0) is 19.2. The number of carbonyl (C=O) groups is 1. The molecule has 1 aromatic carbocycles. The van der Waals surface area contributed by atoms with Crippen molar-refractivity contribution >= 4 is 28.9 Å². The first-order chi connectivity index (χ1) is 13.1. The molecule has 0 aliphatic heterocycles. The zero-order valence-corrected chi connectivity index (χ0v) is 14.6. The number of ether oxygens (including phenoxy) is 2. The molecule has 3 rings (SSSR count). The molecule has 0 bridgehead atoms. The van der Waals surface area contributed by atoms with Crippen molar-refractivity contribution in [3.05, 3.63) is 48.7 Å². The number of rotatable bonds is 7. The smallest absolute Gasteiger partial charge is 0.305 e. The lowest BCUT2D eigenvalue weighted by molar-refractivity contribution is 0.0935. The number of furan rings is 1. The van der Waals surface area contributed by atoms with E-state index in [1.165, 1.54) is 18.7 Å². The van der Waals surface area contributed by atoms with Crippen LogP contribution in [0.15, 0.2) is 47.3 Å². The molecule has 0 aliphatic carbocycles. The van der Waals surface area contributed by atoms with E-state index in [1.807, 2.05) is 0 Å². The summed E-state index contributed by atoms with van der Waals surface area (Å²) in [6.45, 7) is 0. The van der Waals surface area contributed by atoms with Crippen LogP contribution in [0, 0.1) is 0 Å². The van der Waals surface area contributed by atoms with Crippen LogP contribution in [0.4, 0.5) is 23.0 Å². The van der Waals surface area contributed by atoms with Crippen molar-refractivity contribution in [3.63, 3.8) is 0 Å². The van der Waals surface area contributed by atoms with Gasteiger partial charge < -0.3 is 24.9 Å². The van der Waals surface area contributed by atoms with Crippen LogP contribution >= 0.6 is 0 Å². The summed E-state index contributed by atoms with van der Waals surface area (Å²) in [5.41, 5.74) is 12.0. The first-order valence-electron chi connectivity index (χ1n) is 7.81. The highest BCUT2D eigenvalue weighted by Gasteiger charge is 2.13. The monoisotopic (exact) mass is 370 g/mol. The lowest BCUT2D eigenvalue weighted by atomic mass is 10.2. The van der Waals surface area contributed by atoms with Crippen LogP contribution < -0.4 is 31.4 Å². The molecule has 2 heterocycles. The van der Waals surface area contributed by atoms with E-state index in [2.05, 4.69) is 26.1 Å². The summed E-state index contributed by atoms with van der Waals surface area (Å²) in [6.07, 6.45) is 2.70. The zero-order valence-electron chi connectivity index (χ0n) is 14.6. The summed E-state index contributed by atoms with van der Waals surface area (Å²) in [4.78, 5) is 20.1. The van der Waals surface area contributed by atoms with E-state index >= 15 is 0 Å². The van der Waals surface area contributed by atoms with Crippen molar-refractivity contribution in [1.29, 1.82) is 0 Å². The van der Waals surface area contributed by atoms with Crippen LogP contribution in [0.3, 0.4) is 0 Å². The number of nitrogens with two attached hydrogens (primary N) is 1. The van der Waals surface area contributed by atoms with Gasteiger partial charge in [-0.3, -0.25) is 15.6 Å². The van der Waals surface area contributed by atoms with Crippen LogP contribution in [-0.2, 0) is 0 Å². The maximum atomic E-state index is 11.9. The predicted octanol–water partition coefficient (Wildman–Crippen LogP) is 2.17. The van der Waals surface area contributed by atoms with Crippen LogP contribution in [0.2, 0.25) is 0 Å². The van der Waals surface area contributed by atoms with Crippen molar-refractivity contribution in [2.45, 2.75) is 0 Å². The van der Waals surface area contributed by atoms with Gasteiger partial charge in [0.05, 0.1) is 26.2 Å². The Morgan fingerprint density at radius 1 is 1.15 bits per heavy atom. The molecule has 0 spiro atoms. The molecule has 2 aromatic heterocycles. The molecule has 10 nitrogen and oxygen atoms in total. The topological polar surface area (TPSA) is 137 Å². The lowest BCUT2D eigenvalue weighted by Gasteiger charge is -2.15. The number of hydrazine groups is 1. The van der Waals surface area contributed by atoms with Crippen LogP contribution in [-0.4, -0.2) is 30.1 Å². The van der Waals surface area contributed by atoms with Crippen molar-refractivity contribution in [2.75, 3.05) is 30.7 Å². The maximum absolute atomic E-state index is 11.9. The first-order valence-corrected chi connectivity index (χ1v) is 7.81. The Bertz CT molecular complexity index is 929. The largest absolute Gasteiger partial charge is 0.497 e. The summed E-state index contributed by atoms with van der Waals surface area (Å²) in [7, 11) is 3.11. The summed E-state index contributed by atoms with van der Waals surface area (Å²) in [5.74, 6) is 1.44. The fourth-order valence-electron chi connectivity index (χ4n) is 2.21. The quantitative estimate of drug-likeness (QED) is 0.461. The molecule has 3 aromatic rings. The molecule has 27 heavy (non-hydrogen) atoms. The number of carbonyl (C=O) groups excluding carboxylic acids is 1. The molecular formula is C17H18N6O4. The van der Waals surface area contributed by atoms with Gasteiger partial charge in [-0.25, -0.2) is 9.97 Å².